The third-order valence-corrected chi connectivity index (χ3v) is 7.27. The molecule has 2 aromatic rings. The number of sulfonamides is 1. The Morgan fingerprint density at radius 3 is 2.55 bits per heavy atom. The summed E-state index contributed by atoms with van der Waals surface area (Å²) < 4.78 is 38.1. The van der Waals surface area contributed by atoms with Crippen LogP contribution in [-0.2, 0) is 21.4 Å². The number of nitrogens with one attached hydrogen (secondary N) is 2. The largest absolute Gasteiger partial charge is 0.454 e. The number of fused-ring (bicyclic) bond motifs is 1. The second-order valence-corrected chi connectivity index (χ2v) is 9.62. The molecule has 166 valence electrons. The molecule has 2 aliphatic rings. The molecular formula is C22H27N3O5S. The topological polar surface area (TPSA) is 97.0 Å². The van der Waals surface area contributed by atoms with E-state index in [2.05, 4.69) is 10.6 Å². The van der Waals surface area contributed by atoms with Crippen LogP contribution in [0, 0.1) is 0 Å². The van der Waals surface area contributed by atoms with Crippen LogP contribution in [0.2, 0.25) is 0 Å². The van der Waals surface area contributed by atoms with Gasteiger partial charge in [0.2, 0.25) is 22.7 Å². The number of ether oxygens (including phenoxy) is 2. The number of nitrogens with zero attached hydrogens (tertiary/aromatic N) is 1. The lowest BCUT2D eigenvalue weighted by atomic mass is 10.2. The van der Waals surface area contributed by atoms with Crippen LogP contribution in [-0.4, -0.2) is 45.1 Å². The molecular weight excluding hydrogens is 418 g/mol. The summed E-state index contributed by atoms with van der Waals surface area (Å²) in [7, 11) is -3.56. The predicted molar refractivity (Wildman–Crippen MR) is 117 cm³/mol. The highest BCUT2D eigenvalue weighted by Crippen LogP contribution is 2.32. The van der Waals surface area contributed by atoms with Crippen molar-refractivity contribution in [1.82, 2.24) is 9.62 Å². The summed E-state index contributed by atoms with van der Waals surface area (Å²) in [4.78, 5) is 12.5. The fourth-order valence-corrected chi connectivity index (χ4v) is 5.31. The van der Waals surface area contributed by atoms with Crippen LogP contribution in [0.25, 0.3) is 0 Å². The summed E-state index contributed by atoms with van der Waals surface area (Å²) in [6.45, 7) is 1.90. The van der Waals surface area contributed by atoms with E-state index in [0.717, 1.165) is 37.0 Å². The van der Waals surface area contributed by atoms with E-state index in [1.807, 2.05) is 18.2 Å². The molecule has 0 aliphatic carbocycles. The Bertz CT molecular complexity index is 1030. The summed E-state index contributed by atoms with van der Waals surface area (Å²) in [5.41, 5.74) is 1.44. The van der Waals surface area contributed by atoms with Gasteiger partial charge in [0, 0.05) is 25.3 Å². The second-order valence-electron chi connectivity index (χ2n) is 7.69. The first-order valence-electron chi connectivity index (χ1n) is 10.5. The first-order chi connectivity index (χ1) is 15.0. The maximum Gasteiger partial charge on any atom is 0.243 e. The van der Waals surface area contributed by atoms with Gasteiger partial charge in [-0.2, -0.15) is 4.31 Å². The summed E-state index contributed by atoms with van der Waals surface area (Å²) in [6, 6.07) is 12.1. The van der Waals surface area contributed by atoms with E-state index in [-0.39, 0.29) is 24.1 Å². The van der Waals surface area contributed by atoms with Crippen LogP contribution in [0.4, 0.5) is 5.69 Å². The average Bonchev–Trinajstić information content (AvgIpc) is 3.04. The molecule has 2 heterocycles. The Hall–Kier alpha value is -2.62. The van der Waals surface area contributed by atoms with Crippen molar-refractivity contribution in [3.05, 3.63) is 48.0 Å². The van der Waals surface area contributed by atoms with Crippen molar-refractivity contribution in [2.75, 3.05) is 31.7 Å². The zero-order valence-electron chi connectivity index (χ0n) is 17.3. The van der Waals surface area contributed by atoms with E-state index in [4.69, 9.17) is 9.47 Å². The number of amides is 1. The molecule has 4 rings (SSSR count). The minimum Gasteiger partial charge on any atom is -0.454 e. The van der Waals surface area contributed by atoms with E-state index in [0.29, 0.717) is 31.1 Å². The molecule has 31 heavy (non-hydrogen) atoms. The van der Waals surface area contributed by atoms with Crippen molar-refractivity contribution >= 4 is 21.6 Å². The highest BCUT2D eigenvalue weighted by atomic mass is 32.2. The molecule has 2 N–H and O–H groups in total. The van der Waals surface area contributed by atoms with Gasteiger partial charge in [-0.1, -0.05) is 25.0 Å². The van der Waals surface area contributed by atoms with Gasteiger partial charge in [-0.15, -0.1) is 0 Å². The van der Waals surface area contributed by atoms with Crippen LogP contribution >= 0.6 is 0 Å². The van der Waals surface area contributed by atoms with Gasteiger partial charge >= 0.3 is 0 Å². The van der Waals surface area contributed by atoms with Gasteiger partial charge in [-0.25, -0.2) is 8.42 Å². The Kier molecular flexibility index (Phi) is 6.74. The Morgan fingerprint density at radius 2 is 1.74 bits per heavy atom. The first kappa shape index (κ1) is 21.6. The molecule has 0 bridgehead atoms. The predicted octanol–water partition coefficient (Wildman–Crippen LogP) is 2.71. The SMILES string of the molecule is O=C(CNCc1ccc2c(c1)OCO2)Nc1cccc(S(=O)(=O)N2CCCCCC2)c1. The van der Waals surface area contributed by atoms with Gasteiger partial charge < -0.3 is 20.1 Å². The highest BCUT2D eigenvalue weighted by molar-refractivity contribution is 7.89. The number of rotatable bonds is 7. The van der Waals surface area contributed by atoms with E-state index in [1.54, 1.807) is 22.5 Å². The van der Waals surface area contributed by atoms with E-state index < -0.39 is 10.0 Å². The van der Waals surface area contributed by atoms with Crippen molar-refractivity contribution in [2.45, 2.75) is 37.1 Å². The molecule has 2 aliphatic heterocycles. The molecule has 0 unspecified atom stereocenters. The first-order valence-corrected chi connectivity index (χ1v) is 12.0. The molecule has 1 amide bonds. The van der Waals surface area contributed by atoms with Crippen LogP contribution in [0.3, 0.4) is 0 Å². The Balaban J connectivity index is 1.32. The number of carbonyl (C=O) groups excluding carboxylic acids is 1. The minimum atomic E-state index is -3.56. The lowest BCUT2D eigenvalue weighted by molar-refractivity contribution is -0.115. The summed E-state index contributed by atoms with van der Waals surface area (Å²) in [5, 5.41) is 5.85. The zero-order chi connectivity index (χ0) is 21.7. The maximum atomic E-state index is 13.0. The number of hydrogen-bond donors (Lipinski definition) is 2. The molecule has 0 saturated carbocycles. The van der Waals surface area contributed by atoms with Gasteiger partial charge in [0.15, 0.2) is 11.5 Å². The fraction of sp³-hybridized carbons (Fsp3) is 0.409. The van der Waals surface area contributed by atoms with Crippen LogP contribution < -0.4 is 20.1 Å². The molecule has 1 saturated heterocycles. The van der Waals surface area contributed by atoms with Gasteiger partial charge in [-0.05, 0) is 48.7 Å². The van der Waals surface area contributed by atoms with Gasteiger partial charge in [-0.3, -0.25) is 4.79 Å². The molecule has 8 nitrogen and oxygen atoms in total. The molecule has 0 spiro atoms. The maximum absolute atomic E-state index is 13.0. The number of hydrogen-bond acceptors (Lipinski definition) is 6. The van der Waals surface area contributed by atoms with Crippen molar-refractivity contribution in [1.29, 1.82) is 0 Å². The third kappa shape index (κ3) is 5.36. The lowest BCUT2D eigenvalue weighted by Crippen LogP contribution is -2.32. The van der Waals surface area contributed by atoms with Gasteiger partial charge in [0.25, 0.3) is 0 Å². The van der Waals surface area contributed by atoms with Gasteiger partial charge in [0.1, 0.15) is 0 Å². The van der Waals surface area contributed by atoms with Crippen LogP contribution in [0.5, 0.6) is 11.5 Å². The summed E-state index contributed by atoms with van der Waals surface area (Å²) >= 11 is 0. The Labute approximate surface area is 182 Å². The third-order valence-electron chi connectivity index (χ3n) is 5.37. The van der Waals surface area contributed by atoms with Crippen LogP contribution in [0.15, 0.2) is 47.4 Å². The molecule has 0 radical (unpaired) electrons. The summed E-state index contributed by atoms with van der Waals surface area (Å²) in [5.74, 6) is 1.17. The molecule has 0 atom stereocenters. The second kappa shape index (κ2) is 9.67. The number of anilines is 1. The van der Waals surface area contributed by atoms with Crippen molar-refractivity contribution in [3.8, 4) is 11.5 Å². The lowest BCUT2D eigenvalue weighted by Gasteiger charge is -2.20. The van der Waals surface area contributed by atoms with Crippen LogP contribution in [0.1, 0.15) is 31.2 Å². The van der Waals surface area contributed by atoms with Gasteiger partial charge in [0.05, 0.1) is 11.4 Å². The summed E-state index contributed by atoms with van der Waals surface area (Å²) in [6.07, 6.45) is 3.87. The minimum absolute atomic E-state index is 0.0948. The number of carbonyl (C=O) groups is 1. The standard InChI is InChI=1S/C22H27N3O5S/c26-22(15-23-14-17-8-9-20-21(12-17)30-16-29-20)24-18-6-5-7-19(13-18)31(27,28)25-10-3-1-2-4-11-25/h5-9,12-13,23H,1-4,10-11,14-16H2,(H,24,26). The smallest absolute Gasteiger partial charge is 0.243 e. The zero-order valence-corrected chi connectivity index (χ0v) is 18.1. The highest BCUT2D eigenvalue weighted by Gasteiger charge is 2.25. The molecule has 2 aromatic carbocycles. The number of benzene rings is 2. The normalized spacial score (nSPS) is 16.6. The average molecular weight is 446 g/mol. The molecule has 0 aromatic heterocycles. The van der Waals surface area contributed by atoms with E-state index >= 15 is 0 Å². The van der Waals surface area contributed by atoms with Crippen molar-refractivity contribution in [2.24, 2.45) is 0 Å². The van der Waals surface area contributed by atoms with Crippen molar-refractivity contribution < 1.29 is 22.7 Å². The van der Waals surface area contributed by atoms with Crippen molar-refractivity contribution in [3.63, 3.8) is 0 Å². The quantitative estimate of drug-likeness (QED) is 0.680. The van der Waals surface area contributed by atoms with E-state index in [9.17, 15) is 13.2 Å². The Morgan fingerprint density at radius 1 is 0.968 bits per heavy atom. The molecule has 9 heteroatoms. The van der Waals surface area contributed by atoms with E-state index in [1.165, 1.54) is 6.07 Å². The molecule has 1 fully saturated rings. The monoisotopic (exact) mass is 445 g/mol. The fourth-order valence-electron chi connectivity index (χ4n) is 3.74.